The Kier molecular flexibility index (Phi) is 3.69. The van der Waals surface area contributed by atoms with Crippen LogP contribution in [0.15, 0.2) is 42.5 Å². The molecule has 0 aromatic heterocycles. The van der Waals surface area contributed by atoms with Crippen LogP contribution in [-0.2, 0) is 0 Å². The van der Waals surface area contributed by atoms with Gasteiger partial charge in [0.2, 0.25) is 0 Å². The fraction of sp³-hybridized carbons (Fsp3) is 0.375. The van der Waals surface area contributed by atoms with E-state index in [1.54, 1.807) is 0 Å². The van der Waals surface area contributed by atoms with Gasteiger partial charge in [0.25, 0.3) is 0 Å². The van der Waals surface area contributed by atoms with Gasteiger partial charge in [-0.1, -0.05) is 50.2 Å². The van der Waals surface area contributed by atoms with Gasteiger partial charge in [0, 0.05) is 0 Å². The first kappa shape index (κ1) is 13.1. The quantitative estimate of drug-likeness (QED) is 0.864. The molecular weight excluding hydrogens is 222 g/mol. The molecule has 0 aliphatic carbocycles. The van der Waals surface area contributed by atoms with Crippen molar-refractivity contribution >= 4 is 10.8 Å². The van der Waals surface area contributed by atoms with Gasteiger partial charge in [-0.15, -0.1) is 0 Å². The molecule has 0 amide bonds. The van der Waals surface area contributed by atoms with Crippen LogP contribution in [0.5, 0.6) is 0 Å². The summed E-state index contributed by atoms with van der Waals surface area (Å²) in [6.07, 6.45) is 1.33. The first-order valence-corrected chi connectivity index (χ1v) is 6.57. The molecule has 18 heavy (non-hydrogen) atoms. The molecule has 0 bridgehead atoms. The highest BCUT2D eigenvalue weighted by atomic mass is 16.3. The van der Waals surface area contributed by atoms with Crippen LogP contribution in [0.25, 0.3) is 10.8 Å². The van der Waals surface area contributed by atoms with Gasteiger partial charge in [0.05, 0.1) is 11.6 Å². The first-order valence-electron chi connectivity index (χ1n) is 6.57. The van der Waals surface area contributed by atoms with Crippen LogP contribution < -0.4 is 5.73 Å². The van der Waals surface area contributed by atoms with Crippen molar-refractivity contribution in [1.82, 2.24) is 0 Å². The van der Waals surface area contributed by atoms with Crippen LogP contribution in [0.2, 0.25) is 0 Å². The van der Waals surface area contributed by atoms with E-state index in [1.807, 2.05) is 32.0 Å². The lowest BCUT2D eigenvalue weighted by atomic mass is 9.84. The molecule has 2 rings (SSSR count). The normalized spacial score (nSPS) is 13.8. The predicted molar refractivity (Wildman–Crippen MR) is 76.4 cm³/mol. The van der Waals surface area contributed by atoms with Gasteiger partial charge in [-0.05, 0) is 35.2 Å². The Labute approximate surface area is 108 Å². The van der Waals surface area contributed by atoms with Gasteiger partial charge in [0.15, 0.2) is 0 Å². The summed E-state index contributed by atoms with van der Waals surface area (Å²) in [4.78, 5) is 0. The second kappa shape index (κ2) is 5.09. The lowest BCUT2D eigenvalue weighted by Gasteiger charge is -2.32. The minimum absolute atomic E-state index is 0.336. The standard InChI is InChI=1S/C16H21NO/c1-3-16(18,4-2)15(17)14-10-9-12-7-5-6-8-13(12)11-14/h5-11,15,18H,3-4,17H2,1-2H3/t15-/m1/s1. The Morgan fingerprint density at radius 2 is 1.67 bits per heavy atom. The van der Waals surface area contributed by atoms with Crippen LogP contribution in [0, 0.1) is 0 Å². The topological polar surface area (TPSA) is 46.2 Å². The Hall–Kier alpha value is -1.38. The Bertz CT molecular complexity index is 531. The van der Waals surface area contributed by atoms with Crippen molar-refractivity contribution in [2.75, 3.05) is 0 Å². The number of benzene rings is 2. The lowest BCUT2D eigenvalue weighted by Crippen LogP contribution is -2.40. The van der Waals surface area contributed by atoms with Crippen LogP contribution in [-0.4, -0.2) is 10.7 Å². The fourth-order valence-electron chi connectivity index (χ4n) is 2.40. The molecule has 0 heterocycles. The van der Waals surface area contributed by atoms with Crippen molar-refractivity contribution in [3.05, 3.63) is 48.0 Å². The minimum atomic E-state index is -0.817. The van der Waals surface area contributed by atoms with Crippen molar-refractivity contribution in [1.29, 1.82) is 0 Å². The summed E-state index contributed by atoms with van der Waals surface area (Å²) in [5.74, 6) is 0. The zero-order valence-corrected chi connectivity index (χ0v) is 11.1. The van der Waals surface area contributed by atoms with Crippen LogP contribution in [0.1, 0.15) is 38.3 Å². The highest BCUT2D eigenvalue weighted by molar-refractivity contribution is 5.83. The molecule has 1 atom stereocenters. The second-order valence-electron chi connectivity index (χ2n) is 4.89. The molecule has 96 valence electrons. The van der Waals surface area contributed by atoms with Gasteiger partial charge < -0.3 is 10.8 Å². The van der Waals surface area contributed by atoms with Gasteiger partial charge in [-0.2, -0.15) is 0 Å². The van der Waals surface area contributed by atoms with Crippen molar-refractivity contribution < 1.29 is 5.11 Å². The van der Waals surface area contributed by atoms with E-state index in [1.165, 1.54) is 10.8 Å². The van der Waals surface area contributed by atoms with E-state index in [0.29, 0.717) is 12.8 Å². The maximum atomic E-state index is 10.5. The van der Waals surface area contributed by atoms with E-state index in [4.69, 9.17) is 5.73 Å². The average Bonchev–Trinajstić information content (AvgIpc) is 2.45. The van der Waals surface area contributed by atoms with E-state index in [-0.39, 0.29) is 6.04 Å². The number of hydrogen-bond acceptors (Lipinski definition) is 2. The van der Waals surface area contributed by atoms with E-state index in [0.717, 1.165) is 5.56 Å². The van der Waals surface area contributed by atoms with Crippen molar-refractivity contribution in [3.63, 3.8) is 0 Å². The zero-order chi connectivity index (χ0) is 13.2. The largest absolute Gasteiger partial charge is 0.388 e. The summed E-state index contributed by atoms with van der Waals surface area (Å²) in [5, 5.41) is 12.9. The van der Waals surface area contributed by atoms with Crippen molar-refractivity contribution in [2.45, 2.75) is 38.3 Å². The summed E-state index contributed by atoms with van der Waals surface area (Å²) in [7, 11) is 0. The molecule has 0 saturated carbocycles. The lowest BCUT2D eigenvalue weighted by molar-refractivity contribution is 0.00572. The summed E-state index contributed by atoms with van der Waals surface area (Å²) in [5.41, 5.74) is 6.42. The molecule has 0 radical (unpaired) electrons. The minimum Gasteiger partial charge on any atom is -0.388 e. The first-order chi connectivity index (χ1) is 8.60. The van der Waals surface area contributed by atoms with E-state index in [9.17, 15) is 5.11 Å². The molecule has 0 fully saturated rings. The van der Waals surface area contributed by atoms with Crippen molar-refractivity contribution in [3.8, 4) is 0 Å². The van der Waals surface area contributed by atoms with Crippen molar-refractivity contribution in [2.24, 2.45) is 5.73 Å². The zero-order valence-electron chi connectivity index (χ0n) is 11.1. The molecule has 0 spiro atoms. The summed E-state index contributed by atoms with van der Waals surface area (Å²) in [6.45, 7) is 3.95. The highest BCUT2D eigenvalue weighted by Gasteiger charge is 2.31. The predicted octanol–water partition coefficient (Wildman–Crippen LogP) is 3.39. The number of fused-ring (bicyclic) bond motifs is 1. The van der Waals surface area contributed by atoms with Crippen LogP contribution in [0.4, 0.5) is 0 Å². The molecule has 0 aliphatic rings. The molecule has 2 nitrogen and oxygen atoms in total. The molecule has 2 heteroatoms. The van der Waals surface area contributed by atoms with Gasteiger partial charge in [0.1, 0.15) is 0 Å². The molecule has 0 unspecified atom stereocenters. The number of nitrogens with two attached hydrogens (primary N) is 1. The molecule has 2 aromatic carbocycles. The summed E-state index contributed by atoms with van der Waals surface area (Å²) in [6, 6.07) is 14.0. The van der Waals surface area contributed by atoms with Crippen LogP contribution >= 0.6 is 0 Å². The number of hydrogen-bond donors (Lipinski definition) is 2. The summed E-state index contributed by atoms with van der Waals surface area (Å²) >= 11 is 0. The molecular formula is C16H21NO. The van der Waals surface area contributed by atoms with Gasteiger partial charge in [-0.3, -0.25) is 0 Å². The van der Waals surface area contributed by atoms with Gasteiger partial charge in [-0.25, -0.2) is 0 Å². The number of rotatable bonds is 4. The fourth-order valence-corrected chi connectivity index (χ4v) is 2.40. The Morgan fingerprint density at radius 1 is 1.06 bits per heavy atom. The Balaban J connectivity index is 2.42. The monoisotopic (exact) mass is 243 g/mol. The van der Waals surface area contributed by atoms with E-state index >= 15 is 0 Å². The smallest absolute Gasteiger partial charge is 0.0834 e. The molecule has 0 saturated heterocycles. The van der Waals surface area contributed by atoms with E-state index < -0.39 is 5.60 Å². The Morgan fingerprint density at radius 3 is 2.28 bits per heavy atom. The third-order valence-corrected chi connectivity index (χ3v) is 3.94. The third kappa shape index (κ3) is 2.26. The maximum Gasteiger partial charge on any atom is 0.0834 e. The number of aliphatic hydroxyl groups is 1. The third-order valence-electron chi connectivity index (χ3n) is 3.94. The molecule has 2 aromatic rings. The molecule has 3 N–H and O–H groups in total. The van der Waals surface area contributed by atoms with Crippen LogP contribution in [0.3, 0.4) is 0 Å². The second-order valence-corrected chi connectivity index (χ2v) is 4.89. The maximum absolute atomic E-state index is 10.5. The molecule has 0 aliphatic heterocycles. The summed E-state index contributed by atoms with van der Waals surface area (Å²) < 4.78 is 0. The average molecular weight is 243 g/mol. The van der Waals surface area contributed by atoms with Gasteiger partial charge >= 0.3 is 0 Å². The SMILES string of the molecule is CCC(O)(CC)[C@H](N)c1ccc2ccccc2c1. The highest BCUT2D eigenvalue weighted by Crippen LogP contribution is 2.31. The van der Waals surface area contributed by atoms with E-state index in [2.05, 4.69) is 24.3 Å².